The van der Waals surface area contributed by atoms with E-state index in [1.165, 1.54) is 13.1 Å². The fraction of sp³-hybridized carbons (Fsp3) is 0.421. The SMILES string of the molecule is CNC(=O)Nc1ccc(-c2nc(N)cc(C3(S(=O)(=O)CCCO)CCC3)n2)cc1. The summed E-state index contributed by atoms with van der Waals surface area (Å²) in [6, 6.07) is 8.07. The van der Waals surface area contributed by atoms with Gasteiger partial charge in [0.1, 0.15) is 10.6 Å². The molecule has 1 heterocycles. The number of nitrogen functional groups attached to an aromatic ring is 1. The molecule has 0 unspecified atom stereocenters. The Balaban J connectivity index is 1.95. The van der Waals surface area contributed by atoms with Crippen LogP contribution < -0.4 is 16.4 Å². The van der Waals surface area contributed by atoms with Crippen LogP contribution >= 0.6 is 0 Å². The number of nitrogens with two attached hydrogens (primary N) is 1. The number of carbonyl (C=O) groups is 1. The van der Waals surface area contributed by atoms with Gasteiger partial charge in [0.2, 0.25) is 0 Å². The summed E-state index contributed by atoms with van der Waals surface area (Å²) < 4.78 is 24.9. The summed E-state index contributed by atoms with van der Waals surface area (Å²) in [6.45, 7) is -0.178. The van der Waals surface area contributed by atoms with E-state index in [4.69, 9.17) is 10.8 Å². The molecule has 10 heteroatoms. The lowest BCUT2D eigenvalue weighted by Crippen LogP contribution is -2.44. The molecule has 0 aliphatic heterocycles. The van der Waals surface area contributed by atoms with E-state index in [2.05, 4.69) is 20.6 Å². The summed E-state index contributed by atoms with van der Waals surface area (Å²) in [7, 11) is -1.97. The Morgan fingerprint density at radius 1 is 1.24 bits per heavy atom. The normalized spacial score (nSPS) is 15.4. The first kappa shape index (κ1) is 21.0. The fourth-order valence-corrected chi connectivity index (χ4v) is 5.63. The van der Waals surface area contributed by atoms with Crippen molar-refractivity contribution in [2.75, 3.05) is 30.5 Å². The van der Waals surface area contributed by atoms with E-state index < -0.39 is 14.6 Å². The van der Waals surface area contributed by atoms with Crippen LogP contribution in [-0.2, 0) is 14.6 Å². The van der Waals surface area contributed by atoms with Crippen LogP contribution in [0.5, 0.6) is 0 Å². The van der Waals surface area contributed by atoms with Crippen molar-refractivity contribution < 1.29 is 18.3 Å². The highest BCUT2D eigenvalue weighted by atomic mass is 32.2. The molecule has 0 spiro atoms. The highest BCUT2D eigenvalue weighted by molar-refractivity contribution is 7.92. The van der Waals surface area contributed by atoms with Gasteiger partial charge in [-0.3, -0.25) is 0 Å². The molecule has 1 fully saturated rings. The topological polar surface area (TPSA) is 147 Å². The highest BCUT2D eigenvalue weighted by Crippen LogP contribution is 2.48. The second-order valence-electron chi connectivity index (χ2n) is 7.03. The van der Waals surface area contributed by atoms with Crippen molar-refractivity contribution in [2.24, 2.45) is 0 Å². The number of amides is 2. The molecule has 0 atom stereocenters. The number of hydrogen-bond acceptors (Lipinski definition) is 7. The largest absolute Gasteiger partial charge is 0.396 e. The molecule has 9 nitrogen and oxygen atoms in total. The minimum Gasteiger partial charge on any atom is -0.396 e. The van der Waals surface area contributed by atoms with Gasteiger partial charge in [0.25, 0.3) is 0 Å². The first-order chi connectivity index (χ1) is 13.8. The molecule has 5 N–H and O–H groups in total. The van der Waals surface area contributed by atoms with Crippen molar-refractivity contribution in [3.8, 4) is 11.4 Å². The number of nitrogens with zero attached hydrogens (tertiary/aromatic N) is 2. The van der Waals surface area contributed by atoms with Gasteiger partial charge in [-0.15, -0.1) is 0 Å². The van der Waals surface area contributed by atoms with E-state index in [-0.39, 0.29) is 30.6 Å². The Kier molecular flexibility index (Phi) is 6.04. The van der Waals surface area contributed by atoms with Gasteiger partial charge in [-0.2, -0.15) is 0 Å². The number of aliphatic hydroxyl groups excluding tert-OH is 1. The maximum absolute atomic E-state index is 13.0. The van der Waals surface area contributed by atoms with E-state index in [9.17, 15) is 13.2 Å². The van der Waals surface area contributed by atoms with Crippen LogP contribution in [0.15, 0.2) is 30.3 Å². The third kappa shape index (κ3) is 4.18. The molecule has 156 valence electrons. The third-order valence-corrected chi connectivity index (χ3v) is 7.80. The molecule has 0 bridgehead atoms. The van der Waals surface area contributed by atoms with Crippen LogP contribution in [0, 0.1) is 0 Å². The van der Waals surface area contributed by atoms with Crippen LogP contribution in [0.2, 0.25) is 0 Å². The molecule has 0 radical (unpaired) electrons. The molecule has 3 rings (SSSR count). The summed E-state index contributed by atoms with van der Waals surface area (Å²) >= 11 is 0. The summed E-state index contributed by atoms with van der Waals surface area (Å²) in [5.74, 6) is 0.430. The average Bonchev–Trinajstić information content (AvgIpc) is 2.65. The van der Waals surface area contributed by atoms with Crippen LogP contribution in [0.3, 0.4) is 0 Å². The molecule has 1 aliphatic rings. The molecule has 1 saturated carbocycles. The van der Waals surface area contributed by atoms with E-state index in [0.717, 1.165) is 6.42 Å². The van der Waals surface area contributed by atoms with Gasteiger partial charge < -0.3 is 21.5 Å². The van der Waals surface area contributed by atoms with E-state index in [1.54, 1.807) is 24.3 Å². The lowest BCUT2D eigenvalue weighted by Gasteiger charge is -2.40. The van der Waals surface area contributed by atoms with Gasteiger partial charge >= 0.3 is 6.03 Å². The maximum atomic E-state index is 13.0. The molecule has 2 amide bonds. The zero-order chi connectivity index (χ0) is 21.1. The smallest absolute Gasteiger partial charge is 0.318 e. The summed E-state index contributed by atoms with van der Waals surface area (Å²) in [5.41, 5.74) is 7.63. The quantitative estimate of drug-likeness (QED) is 0.533. The zero-order valence-electron chi connectivity index (χ0n) is 16.2. The molecule has 1 aromatic heterocycles. The minimum absolute atomic E-state index is 0.0946. The van der Waals surface area contributed by atoms with Crippen molar-refractivity contribution in [1.29, 1.82) is 0 Å². The molecular formula is C19H25N5O4S. The number of aliphatic hydroxyl groups is 1. The van der Waals surface area contributed by atoms with Crippen molar-refractivity contribution >= 4 is 27.4 Å². The number of rotatable bonds is 7. The second-order valence-corrected chi connectivity index (χ2v) is 9.45. The number of urea groups is 1. The van der Waals surface area contributed by atoms with Crippen molar-refractivity contribution in [1.82, 2.24) is 15.3 Å². The van der Waals surface area contributed by atoms with Gasteiger partial charge in [0.15, 0.2) is 15.7 Å². The average molecular weight is 420 g/mol. The molecular weight excluding hydrogens is 394 g/mol. The number of hydrogen-bond donors (Lipinski definition) is 4. The van der Waals surface area contributed by atoms with Gasteiger partial charge in [-0.05, 0) is 49.9 Å². The van der Waals surface area contributed by atoms with Crippen LogP contribution in [0.4, 0.5) is 16.3 Å². The first-order valence-electron chi connectivity index (χ1n) is 9.39. The predicted molar refractivity (Wildman–Crippen MR) is 111 cm³/mol. The molecule has 1 aliphatic carbocycles. The van der Waals surface area contributed by atoms with Crippen molar-refractivity contribution in [3.63, 3.8) is 0 Å². The number of benzene rings is 1. The Hall–Kier alpha value is -2.72. The Labute approximate surface area is 169 Å². The van der Waals surface area contributed by atoms with Gasteiger partial charge in [0.05, 0.1) is 11.4 Å². The van der Waals surface area contributed by atoms with E-state index >= 15 is 0 Å². The minimum atomic E-state index is -3.50. The monoisotopic (exact) mass is 419 g/mol. The second kappa shape index (κ2) is 8.34. The van der Waals surface area contributed by atoms with E-state index in [0.29, 0.717) is 35.6 Å². The fourth-order valence-electron chi connectivity index (χ4n) is 3.40. The number of sulfone groups is 1. The van der Waals surface area contributed by atoms with Gasteiger partial charge in [0, 0.05) is 31.0 Å². The van der Waals surface area contributed by atoms with Crippen LogP contribution in [0.1, 0.15) is 31.4 Å². The number of carbonyl (C=O) groups excluding carboxylic acids is 1. The summed E-state index contributed by atoms with van der Waals surface area (Å²) in [6.07, 6.45) is 1.94. The van der Waals surface area contributed by atoms with Crippen LogP contribution in [-0.4, -0.2) is 48.9 Å². The summed E-state index contributed by atoms with van der Waals surface area (Å²) in [5, 5.41) is 14.2. The maximum Gasteiger partial charge on any atom is 0.318 e. The number of aromatic nitrogens is 2. The Morgan fingerprint density at radius 2 is 1.93 bits per heavy atom. The molecule has 1 aromatic carbocycles. The lowest BCUT2D eigenvalue weighted by atomic mass is 9.81. The van der Waals surface area contributed by atoms with Crippen molar-refractivity contribution in [2.45, 2.75) is 30.4 Å². The Bertz CT molecular complexity index is 988. The number of anilines is 2. The Morgan fingerprint density at radius 3 is 2.48 bits per heavy atom. The van der Waals surface area contributed by atoms with Gasteiger partial charge in [-0.1, -0.05) is 0 Å². The summed E-state index contributed by atoms with van der Waals surface area (Å²) in [4.78, 5) is 20.2. The van der Waals surface area contributed by atoms with Crippen molar-refractivity contribution in [3.05, 3.63) is 36.0 Å². The predicted octanol–water partition coefficient (Wildman–Crippen LogP) is 1.65. The number of nitrogens with one attached hydrogen (secondary N) is 2. The molecule has 2 aromatic rings. The standard InChI is InChI=1S/C19H25N5O4S/c1-21-18(26)22-14-6-4-13(5-7-14)17-23-15(12-16(20)24-17)19(8-2-9-19)29(27,28)11-3-10-25/h4-7,12,25H,2-3,8-11H2,1H3,(H2,20,23,24)(H2,21,22,26). The third-order valence-electron chi connectivity index (χ3n) is 5.17. The highest BCUT2D eigenvalue weighted by Gasteiger charge is 2.51. The van der Waals surface area contributed by atoms with Crippen LogP contribution in [0.25, 0.3) is 11.4 Å². The zero-order valence-corrected chi connectivity index (χ0v) is 17.0. The molecule has 29 heavy (non-hydrogen) atoms. The first-order valence-corrected chi connectivity index (χ1v) is 11.0. The van der Waals surface area contributed by atoms with Gasteiger partial charge in [-0.25, -0.2) is 23.2 Å². The van der Waals surface area contributed by atoms with E-state index in [1.807, 2.05) is 0 Å². The lowest BCUT2D eigenvalue weighted by molar-refractivity contribution is 0.254. The molecule has 0 saturated heterocycles.